The third kappa shape index (κ3) is 1.67. The van der Waals surface area contributed by atoms with Crippen LogP contribution in [0, 0.1) is 17.3 Å². The molecule has 3 unspecified atom stereocenters. The second-order valence-corrected chi connectivity index (χ2v) is 5.71. The smallest absolute Gasteiger partial charge is 0.233 e. The molecule has 1 saturated carbocycles. The highest BCUT2D eigenvalue weighted by Crippen LogP contribution is 2.47. The van der Waals surface area contributed by atoms with Crippen molar-refractivity contribution in [3.63, 3.8) is 0 Å². The van der Waals surface area contributed by atoms with E-state index in [0.29, 0.717) is 6.54 Å². The van der Waals surface area contributed by atoms with Gasteiger partial charge >= 0.3 is 0 Å². The number of hydrogen-bond donors (Lipinski definition) is 1. The second-order valence-electron chi connectivity index (χ2n) is 5.71. The minimum atomic E-state index is -0.150. The molecule has 0 bridgehead atoms. The van der Waals surface area contributed by atoms with Crippen LogP contribution in [0.25, 0.3) is 0 Å². The molecule has 0 aromatic carbocycles. The first kappa shape index (κ1) is 10.6. The molecule has 84 valence electrons. The molecule has 4 heteroatoms. The number of nitrogens with zero attached hydrogens (tertiary/aromatic N) is 1. The van der Waals surface area contributed by atoms with Crippen molar-refractivity contribution >= 4 is 11.8 Å². The summed E-state index contributed by atoms with van der Waals surface area (Å²) in [6.45, 7) is 6.42. The fraction of sp³-hybridized carbons (Fsp3) is 0.818. The highest BCUT2D eigenvalue weighted by molar-refractivity contribution is 6.08. The van der Waals surface area contributed by atoms with E-state index in [-0.39, 0.29) is 35.1 Å². The van der Waals surface area contributed by atoms with Crippen molar-refractivity contribution in [2.75, 3.05) is 6.54 Å². The maximum atomic E-state index is 11.7. The molecule has 2 rings (SSSR count). The SMILES string of the molecule is CC(C)(C)C(N)CN1C(=O)C2CC2C1=O. The maximum absolute atomic E-state index is 11.7. The van der Waals surface area contributed by atoms with Gasteiger partial charge in [0, 0.05) is 12.6 Å². The molecule has 2 amide bonds. The largest absolute Gasteiger partial charge is 0.326 e. The Kier molecular flexibility index (Phi) is 2.15. The predicted molar refractivity (Wildman–Crippen MR) is 55.7 cm³/mol. The molecule has 1 aliphatic heterocycles. The summed E-state index contributed by atoms with van der Waals surface area (Å²) >= 11 is 0. The Hall–Kier alpha value is -0.900. The van der Waals surface area contributed by atoms with Gasteiger partial charge in [-0.2, -0.15) is 0 Å². The van der Waals surface area contributed by atoms with Crippen molar-refractivity contribution < 1.29 is 9.59 Å². The van der Waals surface area contributed by atoms with Crippen LogP contribution in [-0.2, 0) is 9.59 Å². The monoisotopic (exact) mass is 210 g/mol. The lowest BCUT2D eigenvalue weighted by Crippen LogP contribution is -2.48. The topological polar surface area (TPSA) is 63.4 Å². The number of nitrogens with two attached hydrogens (primary N) is 1. The summed E-state index contributed by atoms with van der Waals surface area (Å²) in [7, 11) is 0. The number of rotatable bonds is 2. The molecule has 15 heavy (non-hydrogen) atoms. The van der Waals surface area contributed by atoms with Crippen molar-refractivity contribution in [1.82, 2.24) is 4.90 Å². The average Bonchev–Trinajstić information content (AvgIpc) is 2.84. The lowest BCUT2D eigenvalue weighted by molar-refractivity contribution is -0.141. The van der Waals surface area contributed by atoms with Crippen molar-refractivity contribution in [2.45, 2.75) is 33.2 Å². The van der Waals surface area contributed by atoms with Crippen LogP contribution < -0.4 is 5.73 Å². The van der Waals surface area contributed by atoms with E-state index in [1.54, 1.807) is 0 Å². The first-order valence-electron chi connectivity index (χ1n) is 5.43. The molecule has 0 spiro atoms. The van der Waals surface area contributed by atoms with Gasteiger partial charge in [-0.15, -0.1) is 0 Å². The number of carbonyl (C=O) groups is 2. The van der Waals surface area contributed by atoms with Crippen LogP contribution in [0.15, 0.2) is 0 Å². The highest BCUT2D eigenvalue weighted by atomic mass is 16.2. The molecule has 1 heterocycles. The van der Waals surface area contributed by atoms with E-state index in [4.69, 9.17) is 5.73 Å². The second kappa shape index (κ2) is 3.04. The molecule has 2 aliphatic rings. The van der Waals surface area contributed by atoms with E-state index in [1.165, 1.54) is 4.90 Å². The Morgan fingerprint density at radius 2 is 1.80 bits per heavy atom. The minimum absolute atomic E-state index is 0.00954. The first-order valence-corrected chi connectivity index (χ1v) is 5.43. The molecular formula is C11H18N2O2. The lowest BCUT2D eigenvalue weighted by Gasteiger charge is -2.30. The Morgan fingerprint density at radius 1 is 1.33 bits per heavy atom. The predicted octanol–water partition coefficient (Wildman–Crippen LogP) is 0.365. The average molecular weight is 210 g/mol. The minimum Gasteiger partial charge on any atom is -0.326 e. The van der Waals surface area contributed by atoms with Crippen LogP contribution >= 0.6 is 0 Å². The van der Waals surface area contributed by atoms with E-state index in [1.807, 2.05) is 20.8 Å². The van der Waals surface area contributed by atoms with Crippen LogP contribution in [0.5, 0.6) is 0 Å². The third-order valence-corrected chi connectivity index (χ3v) is 3.45. The van der Waals surface area contributed by atoms with Gasteiger partial charge in [-0.05, 0) is 11.8 Å². The number of fused-ring (bicyclic) bond motifs is 1. The Balaban J connectivity index is 2.01. The summed E-state index contributed by atoms with van der Waals surface area (Å²) in [4.78, 5) is 24.7. The van der Waals surface area contributed by atoms with Crippen LogP contribution in [0.2, 0.25) is 0 Å². The van der Waals surface area contributed by atoms with Crippen LogP contribution in [0.4, 0.5) is 0 Å². The Morgan fingerprint density at radius 3 is 2.20 bits per heavy atom. The molecular weight excluding hydrogens is 192 g/mol. The normalized spacial score (nSPS) is 31.9. The lowest BCUT2D eigenvalue weighted by atomic mass is 9.87. The summed E-state index contributed by atoms with van der Waals surface area (Å²) in [5.41, 5.74) is 5.89. The van der Waals surface area contributed by atoms with Gasteiger partial charge in [0.15, 0.2) is 0 Å². The Labute approximate surface area is 89.8 Å². The quantitative estimate of drug-likeness (QED) is 0.669. The molecule has 0 radical (unpaired) electrons. The number of imide groups is 1. The van der Waals surface area contributed by atoms with Gasteiger partial charge in [-0.3, -0.25) is 14.5 Å². The van der Waals surface area contributed by atoms with E-state index in [2.05, 4.69) is 0 Å². The highest BCUT2D eigenvalue weighted by Gasteiger charge is 2.59. The van der Waals surface area contributed by atoms with Gasteiger partial charge in [-0.25, -0.2) is 0 Å². The molecule has 3 atom stereocenters. The summed E-state index contributed by atoms with van der Waals surface area (Å²) in [6, 6.07) is -0.150. The summed E-state index contributed by atoms with van der Waals surface area (Å²) in [5, 5.41) is 0. The fourth-order valence-corrected chi connectivity index (χ4v) is 1.90. The van der Waals surface area contributed by atoms with Crippen molar-refractivity contribution in [1.29, 1.82) is 0 Å². The summed E-state index contributed by atoms with van der Waals surface area (Å²) in [5.74, 6) is -0.0382. The van der Waals surface area contributed by atoms with Gasteiger partial charge < -0.3 is 5.73 Å². The van der Waals surface area contributed by atoms with Gasteiger partial charge in [0.05, 0.1) is 11.8 Å². The van der Waals surface area contributed by atoms with Gasteiger partial charge in [0.2, 0.25) is 11.8 Å². The van der Waals surface area contributed by atoms with E-state index < -0.39 is 0 Å². The molecule has 1 saturated heterocycles. The molecule has 2 N–H and O–H groups in total. The van der Waals surface area contributed by atoms with E-state index in [9.17, 15) is 9.59 Å². The van der Waals surface area contributed by atoms with Gasteiger partial charge in [0.1, 0.15) is 0 Å². The van der Waals surface area contributed by atoms with E-state index in [0.717, 1.165) is 6.42 Å². The molecule has 1 aliphatic carbocycles. The Bertz CT molecular complexity index is 299. The van der Waals surface area contributed by atoms with Gasteiger partial charge in [0.25, 0.3) is 0 Å². The molecule has 4 nitrogen and oxygen atoms in total. The maximum Gasteiger partial charge on any atom is 0.233 e. The first-order chi connectivity index (χ1) is 6.82. The van der Waals surface area contributed by atoms with Crippen molar-refractivity contribution in [2.24, 2.45) is 23.0 Å². The van der Waals surface area contributed by atoms with Crippen LogP contribution in [0.3, 0.4) is 0 Å². The zero-order valence-electron chi connectivity index (χ0n) is 9.49. The van der Waals surface area contributed by atoms with Crippen molar-refractivity contribution in [3.05, 3.63) is 0 Å². The van der Waals surface area contributed by atoms with Crippen molar-refractivity contribution in [3.8, 4) is 0 Å². The number of carbonyl (C=O) groups excluding carboxylic acids is 2. The number of amides is 2. The standard InChI is InChI=1S/C11H18N2O2/c1-11(2,3)8(12)5-13-9(14)6-4-7(6)10(13)15/h6-8H,4-5,12H2,1-3H3. The molecule has 0 aromatic heterocycles. The molecule has 2 fully saturated rings. The fourth-order valence-electron chi connectivity index (χ4n) is 1.90. The summed E-state index contributed by atoms with van der Waals surface area (Å²) < 4.78 is 0. The van der Waals surface area contributed by atoms with E-state index >= 15 is 0 Å². The molecule has 0 aromatic rings. The van der Waals surface area contributed by atoms with Crippen LogP contribution in [0.1, 0.15) is 27.2 Å². The summed E-state index contributed by atoms with van der Waals surface area (Å²) in [6.07, 6.45) is 0.763. The van der Waals surface area contributed by atoms with Crippen LogP contribution in [-0.4, -0.2) is 29.3 Å². The van der Waals surface area contributed by atoms with Gasteiger partial charge in [-0.1, -0.05) is 20.8 Å². The number of piperidine rings is 1. The zero-order chi connectivity index (χ0) is 11.4. The zero-order valence-corrected chi connectivity index (χ0v) is 9.49. The third-order valence-electron chi connectivity index (χ3n) is 3.45. The number of likely N-dealkylation sites (tertiary alicyclic amines) is 1. The number of hydrogen-bond acceptors (Lipinski definition) is 3.